The molecule has 10 heteroatoms. The molecule has 0 radical (unpaired) electrons. The average molecular weight is 484 g/mol. The summed E-state index contributed by atoms with van der Waals surface area (Å²) in [5.41, 5.74) is 4.83. The Morgan fingerprint density at radius 2 is 1.62 bits per heavy atom. The van der Waals surface area contributed by atoms with E-state index in [0.29, 0.717) is 0 Å². The third kappa shape index (κ3) is 3.71. The minimum Gasteiger partial charge on any atom is -0.466 e. The van der Waals surface area contributed by atoms with Gasteiger partial charge in [0.25, 0.3) is 5.56 Å². The van der Waals surface area contributed by atoms with E-state index in [2.05, 4.69) is 0 Å². The summed E-state index contributed by atoms with van der Waals surface area (Å²) >= 11 is 0.848. The zero-order valence-corrected chi connectivity index (χ0v) is 18.8. The standard InChI is InChI=1S/C24H18F2N2O5S/c1-32-23(30)17-19(27)18(24(31)33-2)22-28(20(17)13-8-4-6-10-15(13)26)21(29)16(34-22)11-12-7-3-5-9-14(12)25/h3-11,20H,27H2,1-2H3/b16-11+/t20-/m1/s1. The van der Waals surface area contributed by atoms with Crippen molar-refractivity contribution in [1.29, 1.82) is 0 Å². The second-order valence-corrected chi connectivity index (χ2v) is 8.25. The van der Waals surface area contributed by atoms with Gasteiger partial charge in [0.2, 0.25) is 0 Å². The van der Waals surface area contributed by atoms with E-state index in [1.54, 1.807) is 6.07 Å². The summed E-state index contributed by atoms with van der Waals surface area (Å²) in [5, 5.41) is 0. The largest absolute Gasteiger partial charge is 0.466 e. The topological polar surface area (TPSA) is 101 Å². The van der Waals surface area contributed by atoms with Crippen LogP contribution in [0.25, 0.3) is 11.6 Å². The zero-order valence-electron chi connectivity index (χ0n) is 18.0. The maximum absolute atomic E-state index is 14.9. The lowest BCUT2D eigenvalue weighted by atomic mass is 9.91. The number of carbonyl (C=O) groups excluding carboxylic acids is 2. The Bertz CT molecular complexity index is 1540. The molecule has 1 atom stereocenters. The van der Waals surface area contributed by atoms with Crippen molar-refractivity contribution in [3.8, 4) is 0 Å². The first-order valence-corrected chi connectivity index (χ1v) is 10.7. The molecule has 2 heterocycles. The van der Waals surface area contributed by atoms with Gasteiger partial charge in [-0.1, -0.05) is 36.4 Å². The van der Waals surface area contributed by atoms with Gasteiger partial charge in [0.1, 0.15) is 27.9 Å². The average Bonchev–Trinajstić information content (AvgIpc) is 3.14. The predicted molar refractivity (Wildman–Crippen MR) is 121 cm³/mol. The van der Waals surface area contributed by atoms with Crippen LogP contribution in [0.2, 0.25) is 0 Å². The fourth-order valence-electron chi connectivity index (χ4n) is 3.79. The van der Waals surface area contributed by atoms with Crippen LogP contribution in [-0.4, -0.2) is 30.7 Å². The number of rotatable bonds is 4. The quantitative estimate of drug-likeness (QED) is 0.561. The molecule has 2 N–H and O–H groups in total. The van der Waals surface area contributed by atoms with Crippen LogP contribution >= 0.6 is 11.3 Å². The number of hydrogen-bond donors (Lipinski definition) is 1. The lowest BCUT2D eigenvalue weighted by molar-refractivity contribution is -0.136. The Kier molecular flexibility index (Phi) is 6.16. The Morgan fingerprint density at radius 1 is 1.00 bits per heavy atom. The van der Waals surface area contributed by atoms with E-state index in [9.17, 15) is 23.2 Å². The van der Waals surface area contributed by atoms with Crippen molar-refractivity contribution < 1.29 is 27.8 Å². The first-order valence-electron chi connectivity index (χ1n) is 9.93. The molecule has 3 aromatic rings. The maximum atomic E-state index is 14.9. The molecule has 1 aliphatic heterocycles. The van der Waals surface area contributed by atoms with Crippen molar-refractivity contribution in [3.63, 3.8) is 0 Å². The van der Waals surface area contributed by atoms with Gasteiger partial charge in [0.05, 0.1) is 30.0 Å². The molecule has 174 valence electrons. The van der Waals surface area contributed by atoms with E-state index in [1.807, 2.05) is 0 Å². The zero-order chi connectivity index (χ0) is 24.6. The highest BCUT2D eigenvalue weighted by atomic mass is 32.1. The highest BCUT2D eigenvalue weighted by molar-refractivity contribution is 7.07. The number of methoxy groups -OCH3 is 2. The number of hydrogen-bond acceptors (Lipinski definition) is 7. The molecule has 2 aromatic carbocycles. The molecule has 7 nitrogen and oxygen atoms in total. The fourth-order valence-corrected chi connectivity index (χ4v) is 4.95. The summed E-state index contributed by atoms with van der Waals surface area (Å²) in [6.07, 6.45) is 1.31. The summed E-state index contributed by atoms with van der Waals surface area (Å²) in [4.78, 5) is 39.0. The molecule has 0 fully saturated rings. The smallest absolute Gasteiger partial charge is 0.342 e. The number of ether oxygens (including phenoxy) is 2. The lowest BCUT2D eigenvalue weighted by Crippen LogP contribution is -2.43. The molecule has 4 rings (SSSR count). The van der Waals surface area contributed by atoms with E-state index in [1.165, 1.54) is 48.5 Å². The van der Waals surface area contributed by atoms with E-state index < -0.39 is 35.2 Å². The van der Waals surface area contributed by atoms with Crippen LogP contribution < -0.4 is 20.5 Å². The van der Waals surface area contributed by atoms with Crippen LogP contribution in [0.15, 0.2) is 64.6 Å². The van der Waals surface area contributed by atoms with Gasteiger partial charge in [0.15, 0.2) is 0 Å². The second kappa shape index (κ2) is 9.06. The van der Waals surface area contributed by atoms with Crippen molar-refractivity contribution in [2.75, 3.05) is 14.2 Å². The number of thiazole rings is 1. The van der Waals surface area contributed by atoms with Crippen LogP contribution in [-0.2, 0) is 19.1 Å². The Balaban J connectivity index is 2.17. The summed E-state index contributed by atoms with van der Waals surface area (Å²) in [6.45, 7) is 0. The number of nitrogens with two attached hydrogens (primary N) is 1. The number of fused-ring (bicyclic) bond motifs is 1. The van der Waals surface area contributed by atoms with Gasteiger partial charge in [-0.05, 0) is 18.2 Å². The van der Waals surface area contributed by atoms with Crippen LogP contribution in [0.1, 0.15) is 17.2 Å². The SMILES string of the molecule is COC(=O)C1=C(N)C(C(=O)OC)=c2s/c(=C/c3ccccc3F)c(=O)n2[C@@H]1c1ccccc1F. The summed E-state index contributed by atoms with van der Waals surface area (Å²) < 4.78 is 40.0. The third-order valence-electron chi connectivity index (χ3n) is 5.35. The second-order valence-electron chi connectivity index (χ2n) is 7.22. The lowest BCUT2D eigenvalue weighted by Gasteiger charge is -2.27. The number of aromatic nitrogens is 1. The van der Waals surface area contributed by atoms with Gasteiger partial charge in [0, 0.05) is 11.1 Å². The van der Waals surface area contributed by atoms with Gasteiger partial charge < -0.3 is 15.2 Å². The Labute approximate surface area is 195 Å². The van der Waals surface area contributed by atoms with E-state index in [4.69, 9.17) is 15.2 Å². The van der Waals surface area contributed by atoms with Crippen molar-refractivity contribution in [2.45, 2.75) is 6.04 Å². The highest BCUT2D eigenvalue weighted by Crippen LogP contribution is 2.33. The monoisotopic (exact) mass is 484 g/mol. The number of nitrogens with zero attached hydrogens (tertiary/aromatic N) is 1. The number of halogens is 2. The minimum absolute atomic E-state index is 0.0339. The molecule has 0 bridgehead atoms. The molecule has 1 aliphatic rings. The molecular formula is C24H18F2N2O5S. The van der Waals surface area contributed by atoms with Crippen molar-refractivity contribution in [3.05, 3.63) is 102 Å². The molecular weight excluding hydrogens is 466 g/mol. The van der Waals surface area contributed by atoms with Gasteiger partial charge in [-0.15, -0.1) is 11.3 Å². The summed E-state index contributed by atoms with van der Waals surface area (Å²) in [6, 6.07) is 10.0. The normalized spacial score (nSPS) is 15.8. The van der Waals surface area contributed by atoms with Crippen LogP contribution in [0.5, 0.6) is 0 Å². The number of benzene rings is 2. The number of esters is 2. The Hall–Kier alpha value is -4.05. The van der Waals surface area contributed by atoms with Crippen molar-refractivity contribution in [1.82, 2.24) is 4.57 Å². The fraction of sp³-hybridized carbons (Fsp3) is 0.125. The van der Waals surface area contributed by atoms with E-state index >= 15 is 0 Å². The van der Waals surface area contributed by atoms with Crippen LogP contribution in [0.3, 0.4) is 0 Å². The van der Waals surface area contributed by atoms with Gasteiger partial charge >= 0.3 is 11.9 Å². The maximum Gasteiger partial charge on any atom is 0.342 e. The molecule has 0 saturated heterocycles. The minimum atomic E-state index is -1.33. The molecule has 1 aromatic heterocycles. The number of carbonyl (C=O) groups is 2. The molecule has 0 saturated carbocycles. The van der Waals surface area contributed by atoms with Gasteiger partial charge in [-0.25, -0.2) is 18.4 Å². The molecule has 34 heavy (non-hydrogen) atoms. The first kappa shape index (κ1) is 23.1. The van der Waals surface area contributed by atoms with Gasteiger partial charge in [-0.2, -0.15) is 0 Å². The first-order chi connectivity index (χ1) is 16.3. The summed E-state index contributed by atoms with van der Waals surface area (Å²) in [7, 11) is 2.22. The van der Waals surface area contributed by atoms with Crippen molar-refractivity contribution in [2.24, 2.45) is 5.73 Å². The molecule has 0 unspecified atom stereocenters. The van der Waals surface area contributed by atoms with Gasteiger partial charge in [-0.3, -0.25) is 9.36 Å². The van der Waals surface area contributed by atoms with E-state index in [0.717, 1.165) is 30.1 Å². The summed E-state index contributed by atoms with van der Waals surface area (Å²) in [5.74, 6) is -3.12. The van der Waals surface area contributed by atoms with E-state index in [-0.39, 0.29) is 37.2 Å². The van der Waals surface area contributed by atoms with Crippen LogP contribution in [0, 0.1) is 11.6 Å². The van der Waals surface area contributed by atoms with Crippen molar-refractivity contribution >= 4 is 34.9 Å². The molecule has 0 spiro atoms. The van der Waals surface area contributed by atoms with Crippen LogP contribution in [0.4, 0.5) is 8.78 Å². The highest BCUT2D eigenvalue weighted by Gasteiger charge is 2.39. The molecule has 0 amide bonds. The Morgan fingerprint density at radius 3 is 2.24 bits per heavy atom. The predicted octanol–water partition coefficient (Wildman–Crippen LogP) is 1.33. The molecule has 0 aliphatic carbocycles. The third-order valence-corrected chi connectivity index (χ3v) is 6.45.